The number of aliphatic hydroxyl groups excluding tert-OH is 1. The first kappa shape index (κ1) is 40.3. The van der Waals surface area contributed by atoms with E-state index >= 15 is 0 Å². The predicted octanol–water partition coefficient (Wildman–Crippen LogP) is 10.9. The van der Waals surface area contributed by atoms with E-state index in [1.807, 2.05) is 59.9 Å². The van der Waals surface area contributed by atoms with Crippen molar-refractivity contribution in [2.45, 2.75) is 94.9 Å². The SMILES string of the molecule is CCC(CC)C(=O)C=C(O)C(CC)CC.Cc1[c-]c(-c2ncc(-c3cc(C)c(C#N)cc3C)nc2-c2cc(C)cc(C)c2)cc(C)c1.[Ir]. The van der Waals surface area contributed by atoms with Gasteiger partial charge in [-0.05, 0) is 82.2 Å². The van der Waals surface area contributed by atoms with Crippen LogP contribution in [0.1, 0.15) is 92.3 Å². The van der Waals surface area contributed by atoms with Gasteiger partial charge in [0.1, 0.15) is 0 Å². The molecule has 48 heavy (non-hydrogen) atoms. The molecule has 1 radical (unpaired) electrons. The van der Waals surface area contributed by atoms with Crippen molar-refractivity contribution in [1.29, 1.82) is 5.26 Å². The monoisotopic (exact) mass is 821 g/mol. The molecule has 1 aromatic heterocycles. The summed E-state index contributed by atoms with van der Waals surface area (Å²) >= 11 is 0. The van der Waals surface area contributed by atoms with Gasteiger partial charge in [-0.25, -0.2) is 0 Å². The molecular formula is C42H50IrN3O2-. The second-order valence-corrected chi connectivity index (χ2v) is 12.7. The molecule has 4 aromatic rings. The number of rotatable bonds is 10. The van der Waals surface area contributed by atoms with Crippen molar-refractivity contribution in [3.8, 4) is 39.8 Å². The minimum Gasteiger partial charge on any atom is -0.512 e. The fraction of sp³-hybridized carbons (Fsp3) is 0.381. The number of aliphatic hydroxyl groups is 1. The number of carbonyl (C=O) groups is 1. The molecule has 0 bridgehead atoms. The zero-order valence-electron chi connectivity index (χ0n) is 30.2. The van der Waals surface area contributed by atoms with Crippen molar-refractivity contribution >= 4 is 5.78 Å². The standard InChI is InChI=1S/C29H26N3.C13H24O2.Ir/c1-17-7-18(2)10-23(9-17)28-29(24-11-19(3)8-20(4)12-24)32-27(16-31-28)26-14-21(5)25(15-30)13-22(26)6;1-5-10(6-2)12(14)9-13(15)11(7-3)8-4;/h7-9,11-14,16H,1-6H3;9-11,14H,5-8H2,1-4H3;/q-1;;. The average molecular weight is 821 g/mol. The first-order valence-corrected chi connectivity index (χ1v) is 16.8. The Bertz CT molecular complexity index is 1750. The normalized spacial score (nSPS) is 11.1. The van der Waals surface area contributed by atoms with Crippen LogP contribution >= 0.6 is 0 Å². The fourth-order valence-corrected chi connectivity index (χ4v) is 6.04. The molecule has 4 rings (SSSR count). The second kappa shape index (κ2) is 18.6. The molecule has 0 aliphatic carbocycles. The van der Waals surface area contributed by atoms with E-state index in [1.54, 1.807) is 0 Å². The van der Waals surface area contributed by atoms with Gasteiger partial charge in [0.2, 0.25) is 0 Å². The largest absolute Gasteiger partial charge is 0.512 e. The Morgan fingerprint density at radius 2 is 1.40 bits per heavy atom. The van der Waals surface area contributed by atoms with Crippen LogP contribution in [-0.2, 0) is 24.9 Å². The summed E-state index contributed by atoms with van der Waals surface area (Å²) in [5, 5.41) is 19.1. The molecule has 1 N–H and O–H groups in total. The summed E-state index contributed by atoms with van der Waals surface area (Å²) in [5.41, 5.74) is 12.7. The van der Waals surface area contributed by atoms with Crippen LogP contribution in [0.5, 0.6) is 0 Å². The fourth-order valence-electron chi connectivity index (χ4n) is 6.04. The third-order valence-corrected chi connectivity index (χ3v) is 8.72. The molecule has 255 valence electrons. The summed E-state index contributed by atoms with van der Waals surface area (Å²) in [4.78, 5) is 21.7. The Labute approximate surface area is 301 Å². The maximum Gasteiger partial charge on any atom is 0.162 e. The van der Waals surface area contributed by atoms with Crippen LogP contribution in [0.2, 0.25) is 0 Å². The second-order valence-electron chi connectivity index (χ2n) is 12.7. The van der Waals surface area contributed by atoms with Gasteiger partial charge in [0.25, 0.3) is 0 Å². The van der Waals surface area contributed by atoms with Crippen molar-refractivity contribution in [3.05, 3.63) is 106 Å². The smallest absolute Gasteiger partial charge is 0.162 e. The van der Waals surface area contributed by atoms with E-state index in [4.69, 9.17) is 9.97 Å². The molecule has 0 spiro atoms. The van der Waals surface area contributed by atoms with Crippen LogP contribution in [0.4, 0.5) is 0 Å². The molecule has 0 saturated heterocycles. The van der Waals surface area contributed by atoms with Gasteiger partial charge in [0.05, 0.1) is 28.8 Å². The Kier molecular flexibility index (Phi) is 15.6. The topological polar surface area (TPSA) is 86.9 Å². The summed E-state index contributed by atoms with van der Waals surface area (Å²) in [6.45, 7) is 20.4. The molecule has 1 heterocycles. The maximum absolute atomic E-state index is 11.7. The number of hydrogen-bond acceptors (Lipinski definition) is 5. The van der Waals surface area contributed by atoms with Gasteiger partial charge >= 0.3 is 0 Å². The van der Waals surface area contributed by atoms with Crippen molar-refractivity contribution in [2.24, 2.45) is 11.8 Å². The van der Waals surface area contributed by atoms with Crippen molar-refractivity contribution in [3.63, 3.8) is 0 Å². The zero-order chi connectivity index (χ0) is 34.8. The number of ketones is 1. The van der Waals surface area contributed by atoms with E-state index in [1.165, 1.54) is 22.8 Å². The first-order chi connectivity index (χ1) is 22.3. The quantitative estimate of drug-likeness (QED) is 0.0978. The van der Waals surface area contributed by atoms with E-state index < -0.39 is 0 Å². The van der Waals surface area contributed by atoms with Gasteiger partial charge in [0, 0.05) is 55.5 Å². The third-order valence-electron chi connectivity index (χ3n) is 8.72. The van der Waals surface area contributed by atoms with Gasteiger partial charge < -0.3 is 10.1 Å². The molecule has 0 atom stereocenters. The van der Waals surface area contributed by atoms with Gasteiger partial charge in [-0.2, -0.15) is 5.26 Å². The van der Waals surface area contributed by atoms with Crippen molar-refractivity contribution in [2.75, 3.05) is 0 Å². The predicted molar refractivity (Wildman–Crippen MR) is 194 cm³/mol. The summed E-state index contributed by atoms with van der Waals surface area (Å²) in [5.74, 6) is 0.547. The molecule has 5 nitrogen and oxygen atoms in total. The van der Waals surface area contributed by atoms with Gasteiger partial charge in [0.15, 0.2) is 5.78 Å². The summed E-state index contributed by atoms with van der Waals surface area (Å²) in [6.07, 6.45) is 6.74. The summed E-state index contributed by atoms with van der Waals surface area (Å²) < 4.78 is 0. The molecular weight excluding hydrogens is 771 g/mol. The number of allylic oxidation sites excluding steroid dienone is 2. The van der Waals surface area contributed by atoms with Crippen LogP contribution in [0.25, 0.3) is 33.8 Å². The van der Waals surface area contributed by atoms with E-state index in [0.717, 1.165) is 76.1 Å². The average Bonchev–Trinajstić information content (AvgIpc) is 3.02. The number of carbonyl (C=O) groups excluding carboxylic acids is 1. The Morgan fingerprint density at radius 1 is 0.812 bits per heavy atom. The summed E-state index contributed by atoms with van der Waals surface area (Å²) in [7, 11) is 0. The van der Waals surface area contributed by atoms with Crippen molar-refractivity contribution in [1.82, 2.24) is 9.97 Å². The number of aromatic nitrogens is 2. The van der Waals surface area contributed by atoms with Crippen LogP contribution in [0, 0.1) is 70.8 Å². The molecule has 0 fully saturated rings. The Morgan fingerprint density at radius 3 is 1.94 bits per heavy atom. The molecule has 0 unspecified atom stereocenters. The van der Waals surface area contributed by atoms with Crippen molar-refractivity contribution < 1.29 is 30.0 Å². The van der Waals surface area contributed by atoms with Gasteiger partial charge in [-0.1, -0.05) is 70.9 Å². The molecule has 0 saturated carbocycles. The van der Waals surface area contributed by atoms with Gasteiger partial charge in [-0.15, -0.1) is 34.9 Å². The van der Waals surface area contributed by atoms with Gasteiger partial charge in [-0.3, -0.25) is 9.78 Å². The van der Waals surface area contributed by atoms with E-state index in [-0.39, 0.29) is 43.5 Å². The Balaban J connectivity index is 0.000000427. The number of nitriles is 1. The van der Waals surface area contributed by atoms with Crippen LogP contribution in [-0.4, -0.2) is 20.9 Å². The summed E-state index contributed by atoms with van der Waals surface area (Å²) in [6, 6.07) is 20.4. The number of hydrogen-bond donors (Lipinski definition) is 1. The minimum atomic E-state index is 0. The number of nitrogens with zero attached hydrogens (tertiary/aromatic N) is 3. The number of aryl methyl sites for hydroxylation is 6. The molecule has 0 aliphatic rings. The van der Waals surface area contributed by atoms with E-state index in [0.29, 0.717) is 5.56 Å². The zero-order valence-corrected chi connectivity index (χ0v) is 32.6. The van der Waals surface area contributed by atoms with Crippen LogP contribution < -0.4 is 0 Å². The first-order valence-electron chi connectivity index (χ1n) is 16.8. The molecule has 0 aliphatic heterocycles. The Hall–Kier alpha value is -3.91. The van der Waals surface area contributed by atoms with E-state index in [2.05, 4.69) is 70.2 Å². The van der Waals surface area contributed by atoms with Crippen LogP contribution in [0.15, 0.2) is 60.5 Å². The van der Waals surface area contributed by atoms with E-state index in [9.17, 15) is 15.2 Å². The number of benzene rings is 3. The van der Waals surface area contributed by atoms with Crippen LogP contribution in [0.3, 0.4) is 0 Å². The molecule has 0 amide bonds. The third kappa shape index (κ3) is 10.3. The minimum absolute atomic E-state index is 0. The maximum atomic E-state index is 11.7. The molecule has 3 aromatic carbocycles. The molecule has 6 heteroatoms.